The van der Waals surface area contributed by atoms with Crippen molar-refractivity contribution >= 4 is 34.2 Å². The Kier molecular flexibility index (Phi) is 9.13. The summed E-state index contributed by atoms with van der Waals surface area (Å²) in [5.41, 5.74) is 3.24. The summed E-state index contributed by atoms with van der Waals surface area (Å²) in [6.07, 6.45) is -2.99. The van der Waals surface area contributed by atoms with Gasteiger partial charge in [-0.3, -0.25) is 14.9 Å². The standard InChI is InChI=1S/C21H16F4N4O3S.C2H7NO/c22-17-13(2-1-3-14(17)21(23,24)25)15-10-33-20(27-15)28-18(30)11-4-5-16(26-8-11)29-7-6-12(9-29)19(31)32;3-1-2-4/h1-5,8,10,12H,6-7,9H2,(H,31,32)(H,27,28,30);4H,1-3H2. The minimum atomic E-state index is -4.84. The number of carboxylic acid groups (broad SMARTS) is 1. The molecule has 1 unspecified atom stereocenters. The van der Waals surface area contributed by atoms with E-state index in [1.54, 1.807) is 6.07 Å². The SMILES string of the molecule is NCCO.O=C(Nc1nc(-c2cccc(C(F)(F)F)c2F)cs1)c1ccc(N2CCC(C(=O)O)C2)nc1. The second-order valence-corrected chi connectivity index (χ2v) is 8.70. The van der Waals surface area contributed by atoms with E-state index in [0.29, 0.717) is 37.9 Å². The minimum absolute atomic E-state index is 0.0330. The van der Waals surface area contributed by atoms with Crippen molar-refractivity contribution in [2.45, 2.75) is 12.6 Å². The average molecular weight is 542 g/mol. The van der Waals surface area contributed by atoms with E-state index >= 15 is 0 Å². The van der Waals surface area contributed by atoms with Crippen molar-refractivity contribution < 1.29 is 37.4 Å². The number of alkyl halides is 3. The highest BCUT2D eigenvalue weighted by molar-refractivity contribution is 7.14. The van der Waals surface area contributed by atoms with E-state index in [4.69, 9.17) is 15.9 Å². The van der Waals surface area contributed by atoms with Gasteiger partial charge in [0.1, 0.15) is 11.6 Å². The summed E-state index contributed by atoms with van der Waals surface area (Å²) >= 11 is 0.941. The van der Waals surface area contributed by atoms with Crippen molar-refractivity contribution in [1.82, 2.24) is 9.97 Å². The predicted octanol–water partition coefficient (Wildman–Crippen LogP) is 3.46. The number of rotatable bonds is 6. The van der Waals surface area contributed by atoms with Crippen LogP contribution in [0.25, 0.3) is 11.3 Å². The molecule has 198 valence electrons. The van der Waals surface area contributed by atoms with Crippen LogP contribution in [0.5, 0.6) is 0 Å². The third-order valence-corrected chi connectivity index (χ3v) is 6.06. The first-order valence-corrected chi connectivity index (χ1v) is 11.8. The molecule has 0 radical (unpaired) electrons. The molecule has 0 aliphatic carbocycles. The number of nitrogens with one attached hydrogen (secondary N) is 1. The molecule has 3 aromatic rings. The summed E-state index contributed by atoms with van der Waals surface area (Å²) in [7, 11) is 0. The highest BCUT2D eigenvalue weighted by atomic mass is 32.1. The number of pyridine rings is 1. The van der Waals surface area contributed by atoms with Gasteiger partial charge in [0.2, 0.25) is 0 Å². The van der Waals surface area contributed by atoms with E-state index in [-0.39, 0.29) is 28.6 Å². The van der Waals surface area contributed by atoms with Gasteiger partial charge in [0.25, 0.3) is 5.91 Å². The number of carbonyl (C=O) groups excluding carboxylic acids is 1. The molecule has 0 spiro atoms. The van der Waals surface area contributed by atoms with Gasteiger partial charge in [-0.15, -0.1) is 11.3 Å². The van der Waals surface area contributed by atoms with Crippen LogP contribution in [-0.4, -0.2) is 58.3 Å². The number of aliphatic hydroxyl groups excluding tert-OH is 1. The van der Waals surface area contributed by atoms with Gasteiger partial charge in [0.15, 0.2) is 5.13 Å². The first-order chi connectivity index (χ1) is 17.5. The predicted molar refractivity (Wildman–Crippen MR) is 129 cm³/mol. The molecular weight excluding hydrogens is 518 g/mol. The van der Waals surface area contributed by atoms with E-state index in [9.17, 15) is 27.2 Å². The van der Waals surface area contributed by atoms with Crippen LogP contribution in [0.4, 0.5) is 28.5 Å². The number of aliphatic hydroxyl groups is 1. The lowest BCUT2D eigenvalue weighted by molar-refractivity contribution is -0.141. The zero-order valence-corrected chi connectivity index (χ0v) is 20.0. The second kappa shape index (κ2) is 12.1. The number of anilines is 2. The molecule has 1 aliphatic rings. The van der Waals surface area contributed by atoms with Crippen LogP contribution in [0.1, 0.15) is 22.3 Å². The maximum Gasteiger partial charge on any atom is 0.419 e. The molecule has 1 fully saturated rings. The van der Waals surface area contributed by atoms with Crippen LogP contribution >= 0.6 is 11.3 Å². The molecule has 3 heterocycles. The van der Waals surface area contributed by atoms with Crippen molar-refractivity contribution in [3.63, 3.8) is 0 Å². The van der Waals surface area contributed by atoms with Crippen LogP contribution in [-0.2, 0) is 11.0 Å². The third kappa shape index (κ3) is 6.99. The fourth-order valence-electron chi connectivity index (χ4n) is 3.45. The first-order valence-electron chi connectivity index (χ1n) is 10.9. The highest BCUT2D eigenvalue weighted by Crippen LogP contribution is 2.36. The van der Waals surface area contributed by atoms with Gasteiger partial charge < -0.3 is 20.8 Å². The Morgan fingerprint density at radius 1 is 1.24 bits per heavy atom. The molecule has 1 aromatic carbocycles. The maximum atomic E-state index is 14.3. The summed E-state index contributed by atoms with van der Waals surface area (Å²) < 4.78 is 53.2. The van der Waals surface area contributed by atoms with Crippen LogP contribution in [0.3, 0.4) is 0 Å². The van der Waals surface area contributed by atoms with E-state index in [0.717, 1.165) is 17.4 Å². The Hall–Kier alpha value is -3.62. The summed E-state index contributed by atoms with van der Waals surface area (Å²) in [5.74, 6) is -2.76. The van der Waals surface area contributed by atoms with Crippen molar-refractivity contribution in [2.24, 2.45) is 11.7 Å². The monoisotopic (exact) mass is 541 g/mol. The molecule has 0 saturated carbocycles. The lowest BCUT2D eigenvalue weighted by Crippen LogP contribution is -2.23. The fraction of sp³-hybridized carbons (Fsp3) is 0.304. The third-order valence-electron chi connectivity index (χ3n) is 5.31. The number of aromatic nitrogens is 2. The number of aliphatic carboxylic acids is 1. The number of hydrogen-bond acceptors (Lipinski definition) is 8. The first kappa shape index (κ1) is 28.0. The van der Waals surface area contributed by atoms with E-state index in [1.165, 1.54) is 23.7 Å². The molecule has 1 aliphatic heterocycles. The molecular formula is C23H23F4N5O4S. The van der Waals surface area contributed by atoms with Crippen molar-refractivity contribution in [1.29, 1.82) is 0 Å². The second-order valence-electron chi connectivity index (χ2n) is 7.84. The summed E-state index contributed by atoms with van der Waals surface area (Å²) in [6, 6.07) is 6.04. The number of thiazole rings is 1. The van der Waals surface area contributed by atoms with Gasteiger partial charge in [-0.2, -0.15) is 13.2 Å². The number of carbonyl (C=O) groups is 2. The number of carboxylic acids is 1. The number of hydrogen-bond donors (Lipinski definition) is 4. The molecule has 2 aromatic heterocycles. The van der Waals surface area contributed by atoms with Crippen molar-refractivity contribution in [3.05, 3.63) is 58.9 Å². The van der Waals surface area contributed by atoms with Crippen LogP contribution in [0.2, 0.25) is 0 Å². The molecule has 9 nitrogen and oxygen atoms in total. The Labute approximate surface area is 212 Å². The average Bonchev–Trinajstić information content (AvgIpc) is 3.54. The highest BCUT2D eigenvalue weighted by Gasteiger charge is 2.35. The smallest absolute Gasteiger partial charge is 0.419 e. The van der Waals surface area contributed by atoms with E-state index < -0.39 is 35.4 Å². The minimum Gasteiger partial charge on any atom is -0.481 e. The Balaban J connectivity index is 0.000000886. The van der Waals surface area contributed by atoms with Crippen LogP contribution in [0, 0.1) is 11.7 Å². The number of nitrogens with two attached hydrogens (primary N) is 1. The lowest BCUT2D eigenvalue weighted by Gasteiger charge is -2.16. The molecule has 0 bridgehead atoms. The van der Waals surface area contributed by atoms with Crippen LogP contribution in [0.15, 0.2) is 41.9 Å². The Morgan fingerprint density at radius 3 is 2.54 bits per heavy atom. The molecule has 1 amide bonds. The van der Waals surface area contributed by atoms with Crippen LogP contribution < -0.4 is 16.0 Å². The molecule has 1 saturated heterocycles. The number of nitrogens with zero attached hydrogens (tertiary/aromatic N) is 3. The topological polar surface area (TPSA) is 142 Å². The van der Waals surface area contributed by atoms with E-state index in [1.807, 2.05) is 4.90 Å². The van der Waals surface area contributed by atoms with Gasteiger partial charge in [0, 0.05) is 36.8 Å². The Morgan fingerprint density at radius 2 is 1.97 bits per heavy atom. The number of amides is 1. The molecule has 37 heavy (non-hydrogen) atoms. The Bertz CT molecular complexity index is 1230. The van der Waals surface area contributed by atoms with E-state index in [2.05, 4.69) is 15.3 Å². The quantitative estimate of drug-likeness (QED) is 0.348. The van der Waals surface area contributed by atoms with Gasteiger partial charge in [0.05, 0.1) is 29.3 Å². The van der Waals surface area contributed by atoms with Crippen molar-refractivity contribution in [2.75, 3.05) is 36.5 Å². The van der Waals surface area contributed by atoms with Gasteiger partial charge in [-0.1, -0.05) is 6.07 Å². The zero-order chi connectivity index (χ0) is 27.2. The maximum absolute atomic E-state index is 14.3. The molecule has 14 heteroatoms. The van der Waals surface area contributed by atoms with Gasteiger partial charge >= 0.3 is 12.1 Å². The van der Waals surface area contributed by atoms with Gasteiger partial charge in [-0.05, 0) is 30.7 Å². The summed E-state index contributed by atoms with van der Waals surface area (Å²) in [4.78, 5) is 33.6. The number of halogens is 4. The largest absolute Gasteiger partial charge is 0.481 e. The molecule has 4 rings (SSSR count). The fourth-order valence-corrected chi connectivity index (χ4v) is 4.16. The normalized spacial score (nSPS) is 15.2. The summed E-state index contributed by atoms with van der Waals surface area (Å²) in [5, 5.41) is 20.8. The molecule has 5 N–H and O–H groups in total. The van der Waals surface area contributed by atoms with Gasteiger partial charge in [-0.25, -0.2) is 14.4 Å². The zero-order valence-electron chi connectivity index (χ0n) is 19.2. The molecule has 1 atom stereocenters. The lowest BCUT2D eigenvalue weighted by atomic mass is 10.1. The summed E-state index contributed by atoms with van der Waals surface area (Å²) in [6.45, 7) is 1.35. The van der Waals surface area contributed by atoms with Crippen molar-refractivity contribution in [3.8, 4) is 11.3 Å². The number of benzene rings is 1.